The average Bonchev–Trinajstić information content (AvgIpc) is 3.05. The van der Waals surface area contributed by atoms with Crippen LogP contribution in [0.2, 0.25) is 0 Å². The van der Waals surface area contributed by atoms with Crippen LogP contribution in [0, 0.1) is 5.92 Å². The maximum Gasteiger partial charge on any atom is 0.333 e. The van der Waals surface area contributed by atoms with Gasteiger partial charge >= 0.3 is 6.03 Å². The molecule has 2 aromatic rings. The molecule has 32 heavy (non-hydrogen) atoms. The highest BCUT2D eigenvalue weighted by Gasteiger charge is 2.45. The Morgan fingerprint density at radius 1 is 1.06 bits per heavy atom. The second-order valence-electron chi connectivity index (χ2n) is 7.38. The van der Waals surface area contributed by atoms with E-state index in [0.29, 0.717) is 38.7 Å². The molecule has 2 N–H and O–H groups in total. The lowest BCUT2D eigenvalue weighted by atomic mass is 9.93. The quantitative estimate of drug-likeness (QED) is 0.527. The van der Waals surface area contributed by atoms with Crippen LogP contribution in [-0.2, 0) is 4.74 Å². The molecule has 2 aliphatic rings. The summed E-state index contributed by atoms with van der Waals surface area (Å²) in [5.41, 5.74) is 3.30. The third kappa shape index (κ3) is 4.25. The van der Waals surface area contributed by atoms with Gasteiger partial charge in [-0.25, -0.2) is 9.80 Å². The van der Waals surface area contributed by atoms with Crippen molar-refractivity contribution in [1.82, 2.24) is 10.4 Å². The number of ketones is 3. The third-order valence-electron chi connectivity index (χ3n) is 5.33. The highest BCUT2D eigenvalue weighted by atomic mass is 16.5. The number of carbonyl (C=O) groups excluding carboxylic acids is 4. The van der Waals surface area contributed by atoms with Crippen LogP contribution in [-0.4, -0.2) is 61.3 Å². The van der Waals surface area contributed by atoms with E-state index in [1.807, 2.05) is 6.92 Å². The number of carbonyl (C=O) groups is 4. The molecule has 1 fully saturated rings. The average molecular weight is 437 g/mol. The van der Waals surface area contributed by atoms with Gasteiger partial charge in [0.1, 0.15) is 11.7 Å². The van der Waals surface area contributed by atoms with E-state index in [2.05, 4.69) is 10.7 Å². The predicted octanol–water partition coefficient (Wildman–Crippen LogP) is 2.33. The Labute approximate surface area is 184 Å². The van der Waals surface area contributed by atoms with Crippen LogP contribution in [0.1, 0.15) is 38.0 Å². The van der Waals surface area contributed by atoms with Crippen LogP contribution in [0.3, 0.4) is 0 Å². The van der Waals surface area contributed by atoms with E-state index >= 15 is 0 Å². The summed E-state index contributed by atoms with van der Waals surface area (Å²) in [7, 11) is 0. The van der Waals surface area contributed by atoms with Gasteiger partial charge in [-0.05, 0) is 37.3 Å². The van der Waals surface area contributed by atoms with E-state index in [0.717, 1.165) is 0 Å². The molecule has 1 atom stereocenters. The Morgan fingerprint density at radius 2 is 1.78 bits per heavy atom. The number of hydrazine groups is 1. The van der Waals surface area contributed by atoms with Crippen LogP contribution in [0.4, 0.5) is 10.5 Å². The molecule has 0 saturated carbocycles. The number of rotatable bonds is 6. The highest BCUT2D eigenvalue weighted by molar-refractivity contribution is 6.39. The Morgan fingerprint density at radius 3 is 2.47 bits per heavy atom. The largest absolute Gasteiger partial charge is 0.494 e. The summed E-state index contributed by atoms with van der Waals surface area (Å²) >= 11 is 0. The van der Waals surface area contributed by atoms with Crippen molar-refractivity contribution >= 4 is 29.1 Å². The zero-order valence-corrected chi connectivity index (χ0v) is 17.6. The monoisotopic (exact) mass is 437 g/mol. The fraction of sp³-hybridized carbons (Fsp3) is 0.304. The fourth-order valence-corrected chi connectivity index (χ4v) is 3.80. The first-order valence-electron chi connectivity index (χ1n) is 10.4. The molecule has 1 heterocycles. The first-order chi connectivity index (χ1) is 15.5. The van der Waals surface area contributed by atoms with Crippen molar-refractivity contribution in [2.24, 2.45) is 5.92 Å². The smallest absolute Gasteiger partial charge is 0.333 e. The zero-order valence-electron chi connectivity index (χ0n) is 17.6. The van der Waals surface area contributed by atoms with Gasteiger partial charge in [-0.15, -0.1) is 0 Å². The second-order valence-corrected chi connectivity index (χ2v) is 7.38. The van der Waals surface area contributed by atoms with E-state index < -0.39 is 29.3 Å². The third-order valence-corrected chi connectivity index (χ3v) is 5.33. The number of hydrogen-bond acceptors (Lipinski definition) is 7. The van der Waals surface area contributed by atoms with Crippen molar-refractivity contribution in [3.05, 3.63) is 59.2 Å². The number of nitrogens with zero attached hydrogens (tertiary/aromatic N) is 1. The van der Waals surface area contributed by atoms with Gasteiger partial charge in [-0.3, -0.25) is 19.8 Å². The SMILES string of the molecule is CCOc1ccc(C(=O)C2C(=O)c3cccc(NC(=O)NN4CCOCC4)c3C2=O)cc1. The number of morpholine rings is 1. The number of nitrogens with one attached hydrogen (secondary N) is 2. The van der Waals surface area contributed by atoms with Gasteiger partial charge in [-0.1, -0.05) is 12.1 Å². The van der Waals surface area contributed by atoms with Crippen molar-refractivity contribution in [2.75, 3.05) is 38.2 Å². The predicted molar refractivity (Wildman–Crippen MR) is 115 cm³/mol. The molecule has 0 spiro atoms. The second kappa shape index (κ2) is 9.29. The summed E-state index contributed by atoms with van der Waals surface area (Å²) < 4.78 is 10.6. The Hall–Kier alpha value is -3.56. The Balaban J connectivity index is 1.53. The number of hydrogen-bond donors (Lipinski definition) is 2. The lowest BCUT2D eigenvalue weighted by Crippen LogP contribution is -2.49. The highest BCUT2D eigenvalue weighted by Crippen LogP contribution is 2.34. The number of benzene rings is 2. The first kappa shape index (κ1) is 21.7. The molecular formula is C23H23N3O6. The van der Waals surface area contributed by atoms with Gasteiger partial charge < -0.3 is 14.8 Å². The van der Waals surface area contributed by atoms with Crippen LogP contribution in [0.5, 0.6) is 5.75 Å². The molecule has 1 aliphatic heterocycles. The molecule has 9 heteroatoms. The zero-order chi connectivity index (χ0) is 22.7. The Bertz CT molecular complexity index is 1060. The molecule has 2 amide bonds. The van der Waals surface area contributed by atoms with Crippen molar-refractivity contribution in [2.45, 2.75) is 6.92 Å². The summed E-state index contributed by atoms with van der Waals surface area (Å²) in [6.07, 6.45) is 0. The minimum atomic E-state index is -1.46. The summed E-state index contributed by atoms with van der Waals surface area (Å²) in [5.74, 6) is -2.64. The van der Waals surface area contributed by atoms with Gasteiger partial charge in [0.05, 0.1) is 31.1 Å². The standard InChI is InChI=1S/C23H23N3O6/c1-2-32-15-8-6-14(7-9-15)20(27)19-21(28)16-4-3-5-17(18(16)22(19)29)24-23(30)25-26-10-12-31-13-11-26/h3-9,19H,2,10-13H2,1H3,(H2,24,25,30). The van der Waals surface area contributed by atoms with E-state index in [-0.39, 0.29) is 22.4 Å². The number of ether oxygens (including phenoxy) is 2. The topological polar surface area (TPSA) is 114 Å². The van der Waals surface area contributed by atoms with E-state index in [1.54, 1.807) is 23.2 Å². The van der Waals surface area contributed by atoms with Crippen LogP contribution in [0.15, 0.2) is 42.5 Å². The van der Waals surface area contributed by atoms with Crippen molar-refractivity contribution in [3.63, 3.8) is 0 Å². The Kier molecular flexibility index (Phi) is 6.29. The molecule has 0 bridgehead atoms. The molecule has 1 saturated heterocycles. The molecule has 4 rings (SSSR count). The molecule has 2 aromatic carbocycles. The molecular weight excluding hydrogens is 414 g/mol. The normalized spacial score (nSPS) is 18.2. The summed E-state index contributed by atoms with van der Waals surface area (Å²) in [5, 5.41) is 4.33. The number of urea groups is 1. The van der Waals surface area contributed by atoms with Crippen LogP contribution >= 0.6 is 0 Å². The van der Waals surface area contributed by atoms with Gasteiger partial charge in [0.25, 0.3) is 0 Å². The molecule has 166 valence electrons. The molecule has 1 aliphatic carbocycles. The van der Waals surface area contributed by atoms with E-state index in [9.17, 15) is 19.2 Å². The van der Waals surface area contributed by atoms with E-state index in [4.69, 9.17) is 9.47 Å². The summed E-state index contributed by atoms with van der Waals surface area (Å²) in [4.78, 5) is 51.5. The van der Waals surface area contributed by atoms with E-state index in [1.165, 1.54) is 24.3 Å². The van der Waals surface area contributed by atoms with Gasteiger partial charge in [-0.2, -0.15) is 0 Å². The molecule has 0 aromatic heterocycles. The van der Waals surface area contributed by atoms with Gasteiger partial charge in [0.15, 0.2) is 17.3 Å². The molecule has 1 unspecified atom stereocenters. The number of fused-ring (bicyclic) bond motifs is 1. The number of amides is 2. The maximum absolute atomic E-state index is 13.1. The van der Waals surface area contributed by atoms with Crippen molar-refractivity contribution in [1.29, 1.82) is 0 Å². The first-order valence-corrected chi connectivity index (χ1v) is 10.4. The minimum Gasteiger partial charge on any atom is -0.494 e. The van der Waals surface area contributed by atoms with Crippen molar-refractivity contribution in [3.8, 4) is 5.75 Å². The maximum atomic E-state index is 13.1. The van der Waals surface area contributed by atoms with Crippen molar-refractivity contribution < 1.29 is 28.7 Å². The lowest BCUT2D eigenvalue weighted by Gasteiger charge is -2.27. The van der Waals surface area contributed by atoms with Crippen LogP contribution in [0.25, 0.3) is 0 Å². The summed E-state index contributed by atoms with van der Waals surface area (Å²) in [6, 6.07) is 10.4. The van der Waals surface area contributed by atoms with Crippen LogP contribution < -0.4 is 15.5 Å². The van der Waals surface area contributed by atoms with Gasteiger partial charge in [0.2, 0.25) is 0 Å². The molecule has 0 radical (unpaired) electrons. The fourth-order valence-electron chi connectivity index (χ4n) is 3.80. The van der Waals surface area contributed by atoms with Gasteiger partial charge in [0, 0.05) is 24.2 Å². The number of Topliss-reactive ketones (excluding diaryl/α,β-unsaturated/α-hetero) is 3. The molecule has 9 nitrogen and oxygen atoms in total. The number of anilines is 1. The summed E-state index contributed by atoms with van der Waals surface area (Å²) in [6.45, 7) is 4.41. The minimum absolute atomic E-state index is 0.0545. The lowest BCUT2D eigenvalue weighted by molar-refractivity contribution is 0.0207.